The Hall–Kier alpha value is -3.14. The minimum absolute atomic E-state index is 0.124. The van der Waals surface area contributed by atoms with Crippen LogP contribution in [0.25, 0.3) is 0 Å². The van der Waals surface area contributed by atoms with Gasteiger partial charge in [0.2, 0.25) is 0 Å². The van der Waals surface area contributed by atoms with Gasteiger partial charge < -0.3 is 19.5 Å². The second-order valence-corrected chi connectivity index (χ2v) is 5.74. The van der Waals surface area contributed by atoms with Gasteiger partial charge in [-0.15, -0.1) is 11.3 Å². The van der Waals surface area contributed by atoms with Gasteiger partial charge in [-0.2, -0.15) is 0 Å². The maximum absolute atomic E-state index is 12.6. The molecular formula is C16H16N2O7S. The molecule has 0 spiro atoms. The first kappa shape index (κ1) is 19.2. The van der Waals surface area contributed by atoms with E-state index in [9.17, 15) is 19.7 Å². The Bertz CT molecular complexity index is 847. The summed E-state index contributed by atoms with van der Waals surface area (Å²) in [4.78, 5) is 35.1. The molecule has 138 valence electrons. The van der Waals surface area contributed by atoms with Crippen LogP contribution < -0.4 is 14.8 Å². The van der Waals surface area contributed by atoms with Crippen molar-refractivity contribution in [1.82, 2.24) is 0 Å². The van der Waals surface area contributed by atoms with Crippen LogP contribution in [0, 0.1) is 10.1 Å². The molecule has 1 aromatic carbocycles. The molecule has 0 radical (unpaired) electrons. The van der Waals surface area contributed by atoms with Gasteiger partial charge in [0.25, 0.3) is 11.6 Å². The third-order valence-corrected chi connectivity index (χ3v) is 4.16. The smallest absolute Gasteiger partial charge is 0.341 e. The number of esters is 1. The monoisotopic (exact) mass is 380 g/mol. The van der Waals surface area contributed by atoms with Crippen molar-refractivity contribution in [3.63, 3.8) is 0 Å². The first-order chi connectivity index (χ1) is 12.4. The van der Waals surface area contributed by atoms with Gasteiger partial charge in [-0.3, -0.25) is 14.9 Å². The molecule has 0 aliphatic heterocycles. The van der Waals surface area contributed by atoms with E-state index in [1.807, 2.05) is 0 Å². The highest BCUT2D eigenvalue weighted by Gasteiger charge is 2.26. The second-order valence-electron chi connectivity index (χ2n) is 4.82. The van der Waals surface area contributed by atoms with Crippen LogP contribution in [0.15, 0.2) is 23.6 Å². The van der Waals surface area contributed by atoms with Gasteiger partial charge >= 0.3 is 5.97 Å². The second kappa shape index (κ2) is 8.30. The molecule has 1 N–H and O–H groups in total. The summed E-state index contributed by atoms with van der Waals surface area (Å²) in [6.07, 6.45) is 0. The van der Waals surface area contributed by atoms with Crippen molar-refractivity contribution in [3.8, 4) is 11.5 Å². The van der Waals surface area contributed by atoms with E-state index in [4.69, 9.17) is 14.2 Å². The standard InChI is InChI=1S/C16H16N2O7S/c1-4-25-16(20)9-5-6-26-15(9)17-14(19)10-7-12(23-2)13(24-3)8-11(10)18(21)22/h5-8H,4H2,1-3H3,(H,17,19). The molecule has 2 rings (SSSR count). The van der Waals surface area contributed by atoms with Gasteiger partial charge in [0.1, 0.15) is 10.6 Å². The van der Waals surface area contributed by atoms with E-state index in [1.54, 1.807) is 12.3 Å². The summed E-state index contributed by atoms with van der Waals surface area (Å²) in [6, 6.07) is 3.82. The van der Waals surface area contributed by atoms with Crippen molar-refractivity contribution >= 4 is 33.9 Å². The molecular weight excluding hydrogens is 364 g/mol. The molecule has 0 saturated heterocycles. The lowest BCUT2D eigenvalue weighted by Crippen LogP contribution is -2.16. The summed E-state index contributed by atoms with van der Waals surface area (Å²) >= 11 is 1.10. The van der Waals surface area contributed by atoms with Gasteiger partial charge in [-0.25, -0.2) is 4.79 Å². The fraction of sp³-hybridized carbons (Fsp3) is 0.250. The van der Waals surface area contributed by atoms with Crippen molar-refractivity contribution in [1.29, 1.82) is 0 Å². The normalized spacial score (nSPS) is 10.1. The number of carbonyl (C=O) groups excluding carboxylic acids is 2. The highest BCUT2D eigenvalue weighted by molar-refractivity contribution is 7.14. The van der Waals surface area contributed by atoms with Crippen molar-refractivity contribution in [3.05, 3.63) is 44.8 Å². The molecule has 0 fully saturated rings. The SMILES string of the molecule is CCOC(=O)c1ccsc1NC(=O)c1cc(OC)c(OC)cc1[N+](=O)[O-]. The van der Waals surface area contributed by atoms with Crippen LogP contribution in [0.3, 0.4) is 0 Å². The van der Waals surface area contributed by atoms with E-state index in [1.165, 1.54) is 26.4 Å². The number of amides is 1. The van der Waals surface area contributed by atoms with Crippen LogP contribution in [0.4, 0.5) is 10.7 Å². The fourth-order valence-corrected chi connectivity index (χ4v) is 2.92. The number of benzene rings is 1. The maximum atomic E-state index is 12.6. The highest BCUT2D eigenvalue weighted by atomic mass is 32.1. The number of nitrogens with one attached hydrogen (secondary N) is 1. The van der Waals surface area contributed by atoms with Gasteiger partial charge in [-0.1, -0.05) is 0 Å². The van der Waals surface area contributed by atoms with E-state index >= 15 is 0 Å². The van der Waals surface area contributed by atoms with Crippen LogP contribution in [-0.2, 0) is 4.74 Å². The zero-order chi connectivity index (χ0) is 19.3. The summed E-state index contributed by atoms with van der Waals surface area (Å²) in [6.45, 7) is 1.85. The average molecular weight is 380 g/mol. The maximum Gasteiger partial charge on any atom is 0.341 e. The first-order valence-electron chi connectivity index (χ1n) is 7.39. The van der Waals surface area contributed by atoms with Crippen molar-refractivity contribution < 1.29 is 28.7 Å². The molecule has 1 aromatic heterocycles. The molecule has 26 heavy (non-hydrogen) atoms. The summed E-state index contributed by atoms with van der Waals surface area (Å²) in [7, 11) is 2.68. The number of nitrogens with zero attached hydrogens (tertiary/aromatic N) is 1. The van der Waals surface area contributed by atoms with Crippen LogP contribution in [-0.4, -0.2) is 37.6 Å². The Morgan fingerprint density at radius 3 is 2.42 bits per heavy atom. The number of hydrogen-bond donors (Lipinski definition) is 1. The number of nitro benzene ring substituents is 1. The van der Waals surface area contributed by atoms with E-state index in [-0.39, 0.29) is 34.2 Å². The van der Waals surface area contributed by atoms with Gasteiger partial charge in [-0.05, 0) is 18.4 Å². The number of carbonyl (C=O) groups is 2. The third-order valence-electron chi connectivity index (χ3n) is 3.33. The zero-order valence-corrected chi connectivity index (χ0v) is 15.0. The molecule has 2 aromatic rings. The van der Waals surface area contributed by atoms with Crippen LogP contribution in [0.2, 0.25) is 0 Å². The topological polar surface area (TPSA) is 117 Å². The predicted molar refractivity (Wildman–Crippen MR) is 94.4 cm³/mol. The lowest BCUT2D eigenvalue weighted by atomic mass is 10.1. The van der Waals surface area contributed by atoms with Gasteiger partial charge in [0, 0.05) is 6.07 Å². The molecule has 1 heterocycles. The summed E-state index contributed by atoms with van der Waals surface area (Å²) in [5.74, 6) is -1.06. The van der Waals surface area contributed by atoms with E-state index in [2.05, 4.69) is 5.32 Å². The quantitative estimate of drug-likeness (QED) is 0.445. The fourth-order valence-electron chi connectivity index (χ4n) is 2.15. The molecule has 0 bridgehead atoms. The number of hydrogen-bond acceptors (Lipinski definition) is 8. The van der Waals surface area contributed by atoms with Crippen LogP contribution in [0.5, 0.6) is 11.5 Å². The van der Waals surface area contributed by atoms with Crippen LogP contribution >= 0.6 is 11.3 Å². The number of nitro groups is 1. The molecule has 0 unspecified atom stereocenters. The van der Waals surface area contributed by atoms with Crippen molar-refractivity contribution in [2.24, 2.45) is 0 Å². The molecule has 10 heteroatoms. The lowest BCUT2D eigenvalue weighted by molar-refractivity contribution is -0.385. The Labute approximate surface area is 152 Å². The Balaban J connectivity index is 2.40. The van der Waals surface area contributed by atoms with Crippen molar-refractivity contribution in [2.75, 3.05) is 26.1 Å². The van der Waals surface area contributed by atoms with Crippen molar-refractivity contribution in [2.45, 2.75) is 6.92 Å². The number of rotatable bonds is 7. The van der Waals surface area contributed by atoms with Gasteiger partial charge in [0.05, 0.1) is 37.4 Å². The predicted octanol–water partition coefficient (Wildman–Crippen LogP) is 3.10. The zero-order valence-electron chi connectivity index (χ0n) is 14.2. The number of methoxy groups -OCH3 is 2. The highest BCUT2D eigenvalue weighted by Crippen LogP contribution is 2.35. The Morgan fingerprint density at radius 2 is 1.85 bits per heavy atom. The molecule has 0 saturated carbocycles. The molecule has 0 atom stereocenters. The first-order valence-corrected chi connectivity index (χ1v) is 8.27. The minimum atomic E-state index is -0.759. The average Bonchev–Trinajstić information content (AvgIpc) is 3.08. The number of thiophene rings is 1. The Morgan fingerprint density at radius 1 is 1.19 bits per heavy atom. The van der Waals surface area contributed by atoms with E-state index < -0.39 is 22.5 Å². The molecule has 0 aliphatic carbocycles. The summed E-state index contributed by atoms with van der Waals surface area (Å²) < 4.78 is 15.0. The Kier molecular flexibility index (Phi) is 6.12. The number of anilines is 1. The van der Waals surface area contributed by atoms with Gasteiger partial charge in [0.15, 0.2) is 11.5 Å². The summed E-state index contributed by atoms with van der Waals surface area (Å²) in [5, 5.41) is 15.7. The number of ether oxygens (including phenoxy) is 3. The molecule has 0 aliphatic rings. The largest absolute Gasteiger partial charge is 0.493 e. The van der Waals surface area contributed by atoms with Crippen LogP contribution in [0.1, 0.15) is 27.6 Å². The molecule has 9 nitrogen and oxygen atoms in total. The van der Waals surface area contributed by atoms with E-state index in [0.29, 0.717) is 0 Å². The molecule has 1 amide bonds. The summed E-state index contributed by atoms with van der Waals surface area (Å²) in [5.41, 5.74) is -0.501. The van der Waals surface area contributed by atoms with E-state index in [0.717, 1.165) is 17.4 Å². The lowest BCUT2D eigenvalue weighted by Gasteiger charge is -2.11. The minimum Gasteiger partial charge on any atom is -0.493 e. The third kappa shape index (κ3) is 3.91.